The van der Waals surface area contributed by atoms with Gasteiger partial charge in [0.2, 0.25) is 0 Å². The average Bonchev–Trinajstić information content (AvgIpc) is 2.68. The Kier molecular flexibility index (Phi) is 5.11. The lowest BCUT2D eigenvalue weighted by Gasteiger charge is -2.10. The van der Waals surface area contributed by atoms with Crippen molar-refractivity contribution in [3.8, 4) is 0 Å². The molecular formula is C11H18N2O4. The summed E-state index contributed by atoms with van der Waals surface area (Å²) in [6, 6.07) is 0. The number of nitrogens with zero attached hydrogens (tertiary/aromatic N) is 1. The van der Waals surface area contributed by atoms with E-state index in [2.05, 4.69) is 10.5 Å². The molecule has 1 atom stereocenters. The SMILES string of the molecule is CCc1noc(C)c1C(=O)NCC(O)COC. The summed E-state index contributed by atoms with van der Waals surface area (Å²) in [5.74, 6) is 0.205. The highest BCUT2D eigenvalue weighted by Crippen LogP contribution is 2.13. The zero-order valence-electron chi connectivity index (χ0n) is 10.3. The van der Waals surface area contributed by atoms with Gasteiger partial charge in [-0.25, -0.2) is 0 Å². The summed E-state index contributed by atoms with van der Waals surface area (Å²) in [5.41, 5.74) is 1.08. The Hall–Kier alpha value is -1.40. The van der Waals surface area contributed by atoms with Crippen molar-refractivity contribution in [1.29, 1.82) is 0 Å². The van der Waals surface area contributed by atoms with Crippen LogP contribution in [0.4, 0.5) is 0 Å². The van der Waals surface area contributed by atoms with Gasteiger partial charge in [0.05, 0.1) is 18.4 Å². The standard InChI is InChI=1S/C11H18N2O4/c1-4-9-10(7(2)17-13-9)11(15)12-5-8(14)6-16-3/h8,14H,4-6H2,1-3H3,(H,12,15). The van der Waals surface area contributed by atoms with E-state index in [9.17, 15) is 9.90 Å². The third kappa shape index (κ3) is 3.54. The van der Waals surface area contributed by atoms with Gasteiger partial charge in [0.1, 0.15) is 11.3 Å². The maximum absolute atomic E-state index is 11.9. The monoisotopic (exact) mass is 242 g/mol. The van der Waals surface area contributed by atoms with Crippen LogP contribution in [-0.2, 0) is 11.2 Å². The Morgan fingerprint density at radius 3 is 2.94 bits per heavy atom. The van der Waals surface area contributed by atoms with Gasteiger partial charge in [-0.1, -0.05) is 12.1 Å². The summed E-state index contributed by atoms with van der Waals surface area (Å²) >= 11 is 0. The number of ether oxygens (including phenoxy) is 1. The largest absolute Gasteiger partial charge is 0.389 e. The Bertz CT molecular complexity index is 376. The molecule has 6 heteroatoms. The number of rotatable bonds is 6. The highest BCUT2D eigenvalue weighted by molar-refractivity contribution is 5.96. The average molecular weight is 242 g/mol. The molecule has 0 saturated carbocycles. The number of methoxy groups -OCH3 is 1. The normalized spacial score (nSPS) is 12.5. The molecule has 1 aromatic rings. The van der Waals surface area contributed by atoms with Crippen LogP contribution in [0.3, 0.4) is 0 Å². The topological polar surface area (TPSA) is 84.6 Å². The summed E-state index contributed by atoms with van der Waals surface area (Å²) in [6.07, 6.45) is -0.0880. The van der Waals surface area contributed by atoms with Gasteiger partial charge < -0.3 is 19.7 Å². The van der Waals surface area contributed by atoms with Crippen LogP contribution in [0.15, 0.2) is 4.52 Å². The lowest BCUT2D eigenvalue weighted by atomic mass is 10.1. The minimum atomic E-state index is -0.714. The third-order valence-corrected chi connectivity index (χ3v) is 2.35. The molecule has 0 aliphatic rings. The number of carbonyl (C=O) groups is 1. The van der Waals surface area contributed by atoms with E-state index in [1.165, 1.54) is 7.11 Å². The Morgan fingerprint density at radius 1 is 1.65 bits per heavy atom. The molecule has 0 spiro atoms. The highest BCUT2D eigenvalue weighted by Gasteiger charge is 2.19. The molecular weight excluding hydrogens is 224 g/mol. The van der Waals surface area contributed by atoms with Crippen LogP contribution in [0.2, 0.25) is 0 Å². The Morgan fingerprint density at radius 2 is 2.35 bits per heavy atom. The molecule has 96 valence electrons. The Labute approximate surface area is 99.9 Å². The number of aliphatic hydroxyl groups excluding tert-OH is 1. The maximum Gasteiger partial charge on any atom is 0.256 e. The minimum Gasteiger partial charge on any atom is -0.389 e. The molecule has 0 bridgehead atoms. The van der Waals surface area contributed by atoms with E-state index in [0.29, 0.717) is 23.4 Å². The quantitative estimate of drug-likeness (QED) is 0.748. The highest BCUT2D eigenvalue weighted by atomic mass is 16.5. The van der Waals surface area contributed by atoms with Gasteiger partial charge in [-0.3, -0.25) is 4.79 Å². The van der Waals surface area contributed by atoms with Gasteiger partial charge in [-0.2, -0.15) is 0 Å². The second-order valence-electron chi connectivity index (χ2n) is 3.73. The van der Waals surface area contributed by atoms with Crippen molar-refractivity contribution < 1.29 is 19.2 Å². The van der Waals surface area contributed by atoms with Gasteiger partial charge in [0.25, 0.3) is 5.91 Å². The molecule has 1 aromatic heterocycles. The summed E-state index contributed by atoms with van der Waals surface area (Å²) in [7, 11) is 1.49. The molecule has 1 unspecified atom stereocenters. The molecule has 0 aliphatic carbocycles. The van der Waals surface area contributed by atoms with Crippen molar-refractivity contribution in [3.63, 3.8) is 0 Å². The van der Waals surface area contributed by atoms with Crippen molar-refractivity contribution in [3.05, 3.63) is 17.0 Å². The number of aromatic nitrogens is 1. The predicted molar refractivity (Wildman–Crippen MR) is 60.8 cm³/mol. The van der Waals surface area contributed by atoms with Gasteiger partial charge in [-0.05, 0) is 13.3 Å². The van der Waals surface area contributed by atoms with Crippen LogP contribution >= 0.6 is 0 Å². The molecule has 2 N–H and O–H groups in total. The fourth-order valence-corrected chi connectivity index (χ4v) is 1.50. The number of nitrogens with one attached hydrogen (secondary N) is 1. The zero-order chi connectivity index (χ0) is 12.8. The molecule has 17 heavy (non-hydrogen) atoms. The first-order chi connectivity index (χ1) is 8.10. The molecule has 0 aliphatic heterocycles. The van der Waals surface area contributed by atoms with Gasteiger partial charge in [0, 0.05) is 13.7 Å². The first-order valence-corrected chi connectivity index (χ1v) is 5.50. The van der Waals surface area contributed by atoms with E-state index in [1.807, 2.05) is 6.92 Å². The number of amides is 1. The third-order valence-electron chi connectivity index (χ3n) is 2.35. The van der Waals surface area contributed by atoms with Crippen LogP contribution in [0.25, 0.3) is 0 Å². The fraction of sp³-hybridized carbons (Fsp3) is 0.636. The fourth-order valence-electron chi connectivity index (χ4n) is 1.50. The minimum absolute atomic E-state index is 0.139. The molecule has 6 nitrogen and oxygen atoms in total. The van der Waals surface area contributed by atoms with E-state index in [1.54, 1.807) is 6.92 Å². The molecule has 1 rings (SSSR count). The van der Waals surface area contributed by atoms with Gasteiger partial charge in [-0.15, -0.1) is 0 Å². The van der Waals surface area contributed by atoms with Crippen molar-refractivity contribution in [2.24, 2.45) is 0 Å². The van der Waals surface area contributed by atoms with E-state index in [4.69, 9.17) is 9.26 Å². The second kappa shape index (κ2) is 6.36. The van der Waals surface area contributed by atoms with E-state index in [0.717, 1.165) is 0 Å². The molecule has 1 amide bonds. The number of aryl methyl sites for hydroxylation is 2. The molecule has 1 heterocycles. The number of hydrogen-bond donors (Lipinski definition) is 2. The zero-order valence-corrected chi connectivity index (χ0v) is 10.3. The molecule has 0 saturated heterocycles. The predicted octanol–water partition coefficient (Wildman–Crippen LogP) is 0.283. The smallest absolute Gasteiger partial charge is 0.256 e. The van der Waals surface area contributed by atoms with E-state index >= 15 is 0 Å². The summed E-state index contributed by atoms with van der Waals surface area (Å²) in [4.78, 5) is 11.9. The summed E-state index contributed by atoms with van der Waals surface area (Å²) < 4.78 is 9.73. The van der Waals surface area contributed by atoms with Crippen LogP contribution in [-0.4, -0.2) is 42.5 Å². The summed E-state index contributed by atoms with van der Waals surface area (Å²) in [6.45, 7) is 3.91. The van der Waals surface area contributed by atoms with E-state index in [-0.39, 0.29) is 19.1 Å². The number of hydrogen-bond acceptors (Lipinski definition) is 5. The van der Waals surface area contributed by atoms with Crippen molar-refractivity contribution in [2.45, 2.75) is 26.4 Å². The second-order valence-corrected chi connectivity index (χ2v) is 3.73. The van der Waals surface area contributed by atoms with Crippen molar-refractivity contribution >= 4 is 5.91 Å². The maximum atomic E-state index is 11.9. The van der Waals surface area contributed by atoms with Crippen LogP contribution < -0.4 is 5.32 Å². The molecule has 0 radical (unpaired) electrons. The van der Waals surface area contributed by atoms with Crippen molar-refractivity contribution in [2.75, 3.05) is 20.3 Å². The lowest BCUT2D eigenvalue weighted by Crippen LogP contribution is -2.34. The lowest BCUT2D eigenvalue weighted by molar-refractivity contribution is 0.0609. The Balaban J connectivity index is 2.60. The van der Waals surface area contributed by atoms with Crippen molar-refractivity contribution in [1.82, 2.24) is 10.5 Å². The van der Waals surface area contributed by atoms with E-state index < -0.39 is 6.10 Å². The number of aliphatic hydroxyl groups is 1. The first-order valence-electron chi connectivity index (χ1n) is 5.50. The molecule has 0 aromatic carbocycles. The molecule has 0 fully saturated rings. The van der Waals surface area contributed by atoms with Gasteiger partial charge >= 0.3 is 0 Å². The summed E-state index contributed by atoms with van der Waals surface area (Å²) in [5, 5.41) is 15.8. The van der Waals surface area contributed by atoms with Crippen LogP contribution in [0.1, 0.15) is 28.7 Å². The van der Waals surface area contributed by atoms with Crippen LogP contribution in [0, 0.1) is 6.92 Å². The first kappa shape index (κ1) is 13.7. The van der Waals surface area contributed by atoms with Gasteiger partial charge in [0.15, 0.2) is 0 Å². The number of carbonyl (C=O) groups excluding carboxylic acids is 1. The van der Waals surface area contributed by atoms with Crippen LogP contribution in [0.5, 0.6) is 0 Å².